The Morgan fingerprint density at radius 1 is 1.14 bits per heavy atom. The number of hydrogen-bond acceptors (Lipinski definition) is 3. The largest absolute Gasteiger partial charge is 0.444 e. The molecule has 0 aliphatic heterocycles. The van der Waals surface area contributed by atoms with Crippen LogP contribution < -0.4 is 10.6 Å². The van der Waals surface area contributed by atoms with Crippen molar-refractivity contribution < 1.29 is 14.3 Å². The van der Waals surface area contributed by atoms with Crippen LogP contribution in [0.15, 0.2) is 0 Å². The quantitative estimate of drug-likeness (QED) is 0.838. The van der Waals surface area contributed by atoms with E-state index in [0.717, 1.165) is 25.7 Å². The fourth-order valence-corrected chi connectivity index (χ4v) is 2.42. The second kappa shape index (κ2) is 7.66. The minimum atomic E-state index is -0.455. The molecule has 0 saturated heterocycles. The molecule has 122 valence electrons. The van der Waals surface area contributed by atoms with Crippen molar-refractivity contribution in [2.24, 2.45) is 11.8 Å². The van der Waals surface area contributed by atoms with Gasteiger partial charge in [0.05, 0.1) is 0 Å². The van der Waals surface area contributed by atoms with Crippen molar-refractivity contribution in [1.29, 1.82) is 0 Å². The van der Waals surface area contributed by atoms with E-state index in [1.165, 1.54) is 0 Å². The Labute approximate surface area is 128 Å². The molecule has 0 aromatic heterocycles. The van der Waals surface area contributed by atoms with Crippen LogP contribution in [-0.4, -0.2) is 30.2 Å². The van der Waals surface area contributed by atoms with Gasteiger partial charge in [-0.15, -0.1) is 0 Å². The summed E-state index contributed by atoms with van der Waals surface area (Å²) in [5.41, 5.74) is -0.455. The lowest BCUT2D eigenvalue weighted by Crippen LogP contribution is -2.41. The van der Waals surface area contributed by atoms with Crippen molar-refractivity contribution >= 4 is 12.0 Å². The van der Waals surface area contributed by atoms with E-state index in [1.54, 1.807) is 0 Å². The molecule has 1 fully saturated rings. The summed E-state index contributed by atoms with van der Waals surface area (Å²) in [6.07, 6.45) is 3.67. The zero-order valence-corrected chi connectivity index (χ0v) is 14.0. The maximum atomic E-state index is 11.7. The van der Waals surface area contributed by atoms with E-state index in [0.29, 0.717) is 12.5 Å². The van der Waals surface area contributed by atoms with Gasteiger partial charge in [-0.25, -0.2) is 4.79 Å². The SMILES string of the molecule is CC(C)C(=O)NC1CCC(CNC(=O)OC(C)(C)C)CC1. The molecule has 0 spiro atoms. The fourth-order valence-electron chi connectivity index (χ4n) is 2.42. The molecule has 2 amide bonds. The van der Waals surface area contributed by atoms with Gasteiger partial charge in [-0.2, -0.15) is 0 Å². The van der Waals surface area contributed by atoms with Gasteiger partial charge in [0.15, 0.2) is 0 Å². The zero-order chi connectivity index (χ0) is 16.0. The van der Waals surface area contributed by atoms with Crippen LogP contribution in [0.25, 0.3) is 0 Å². The van der Waals surface area contributed by atoms with Crippen LogP contribution >= 0.6 is 0 Å². The van der Waals surface area contributed by atoms with E-state index in [9.17, 15) is 9.59 Å². The molecular weight excluding hydrogens is 268 g/mol. The van der Waals surface area contributed by atoms with Crippen molar-refractivity contribution in [3.8, 4) is 0 Å². The van der Waals surface area contributed by atoms with Gasteiger partial charge in [0.25, 0.3) is 0 Å². The average Bonchev–Trinajstić information content (AvgIpc) is 2.35. The van der Waals surface area contributed by atoms with E-state index in [4.69, 9.17) is 4.74 Å². The lowest BCUT2D eigenvalue weighted by Gasteiger charge is -2.30. The highest BCUT2D eigenvalue weighted by atomic mass is 16.6. The average molecular weight is 298 g/mol. The molecule has 0 heterocycles. The second-order valence-corrected chi connectivity index (χ2v) is 7.26. The highest BCUT2D eigenvalue weighted by Gasteiger charge is 2.24. The van der Waals surface area contributed by atoms with Gasteiger partial charge in [-0.05, 0) is 52.4 Å². The summed E-state index contributed by atoms with van der Waals surface area (Å²) in [6.45, 7) is 10.0. The van der Waals surface area contributed by atoms with Crippen molar-refractivity contribution in [2.75, 3.05) is 6.54 Å². The summed E-state index contributed by atoms with van der Waals surface area (Å²) >= 11 is 0. The van der Waals surface area contributed by atoms with Crippen LogP contribution in [0.4, 0.5) is 4.79 Å². The van der Waals surface area contributed by atoms with Gasteiger partial charge in [-0.3, -0.25) is 4.79 Å². The van der Waals surface area contributed by atoms with Crippen LogP contribution in [0, 0.1) is 11.8 Å². The molecule has 1 saturated carbocycles. The highest BCUT2D eigenvalue weighted by molar-refractivity contribution is 5.78. The van der Waals surface area contributed by atoms with Gasteiger partial charge in [0.2, 0.25) is 5.91 Å². The van der Waals surface area contributed by atoms with E-state index in [-0.39, 0.29) is 24.0 Å². The second-order valence-electron chi connectivity index (χ2n) is 7.26. The van der Waals surface area contributed by atoms with E-state index in [1.807, 2.05) is 34.6 Å². The topological polar surface area (TPSA) is 67.4 Å². The van der Waals surface area contributed by atoms with Crippen molar-refractivity contribution in [3.63, 3.8) is 0 Å². The lowest BCUT2D eigenvalue weighted by atomic mass is 9.86. The number of alkyl carbamates (subject to hydrolysis) is 1. The molecule has 0 atom stereocenters. The fraction of sp³-hybridized carbons (Fsp3) is 0.875. The number of amides is 2. The van der Waals surface area contributed by atoms with Gasteiger partial charge in [-0.1, -0.05) is 13.8 Å². The third kappa shape index (κ3) is 7.34. The third-order valence-electron chi connectivity index (χ3n) is 3.65. The monoisotopic (exact) mass is 298 g/mol. The third-order valence-corrected chi connectivity index (χ3v) is 3.65. The first-order chi connectivity index (χ1) is 9.67. The summed E-state index contributed by atoms with van der Waals surface area (Å²) < 4.78 is 5.22. The van der Waals surface area contributed by atoms with Crippen LogP contribution in [0.5, 0.6) is 0 Å². The molecule has 5 heteroatoms. The van der Waals surface area contributed by atoms with Crippen LogP contribution in [0.1, 0.15) is 60.3 Å². The molecule has 5 nitrogen and oxygen atoms in total. The predicted molar refractivity (Wildman–Crippen MR) is 83.0 cm³/mol. The summed E-state index contributed by atoms with van der Waals surface area (Å²) in [6, 6.07) is 0.290. The van der Waals surface area contributed by atoms with E-state index in [2.05, 4.69) is 10.6 Å². The van der Waals surface area contributed by atoms with Gasteiger partial charge in [0.1, 0.15) is 5.60 Å². The minimum absolute atomic E-state index is 0.0385. The first-order valence-electron chi connectivity index (χ1n) is 7.94. The molecule has 1 rings (SSSR count). The Bertz CT molecular complexity index is 353. The molecule has 0 aromatic rings. The summed E-state index contributed by atoms with van der Waals surface area (Å²) in [4.78, 5) is 23.3. The summed E-state index contributed by atoms with van der Waals surface area (Å²) in [5.74, 6) is 0.645. The Morgan fingerprint density at radius 2 is 1.71 bits per heavy atom. The normalized spacial score (nSPS) is 22.8. The van der Waals surface area contributed by atoms with Gasteiger partial charge < -0.3 is 15.4 Å². The Hall–Kier alpha value is -1.26. The zero-order valence-electron chi connectivity index (χ0n) is 14.0. The number of ether oxygens (including phenoxy) is 1. The lowest BCUT2D eigenvalue weighted by molar-refractivity contribution is -0.125. The summed E-state index contributed by atoms with van der Waals surface area (Å²) in [5, 5.41) is 5.92. The molecule has 2 N–H and O–H groups in total. The molecule has 1 aliphatic carbocycles. The van der Waals surface area contributed by atoms with E-state index < -0.39 is 5.60 Å². The smallest absolute Gasteiger partial charge is 0.407 e. The first-order valence-corrected chi connectivity index (χ1v) is 7.94. The maximum Gasteiger partial charge on any atom is 0.407 e. The first kappa shape index (κ1) is 17.8. The molecule has 0 aromatic carbocycles. The molecular formula is C16H30N2O3. The predicted octanol–water partition coefficient (Wildman–Crippen LogP) is 2.84. The van der Waals surface area contributed by atoms with Crippen molar-refractivity contribution in [3.05, 3.63) is 0 Å². The van der Waals surface area contributed by atoms with Crippen LogP contribution in [0.3, 0.4) is 0 Å². The minimum Gasteiger partial charge on any atom is -0.444 e. The van der Waals surface area contributed by atoms with Crippen LogP contribution in [-0.2, 0) is 9.53 Å². The number of carbonyl (C=O) groups excluding carboxylic acids is 2. The number of hydrogen-bond donors (Lipinski definition) is 2. The van der Waals surface area contributed by atoms with Gasteiger partial charge >= 0.3 is 6.09 Å². The van der Waals surface area contributed by atoms with Gasteiger partial charge in [0, 0.05) is 18.5 Å². The molecule has 1 aliphatic rings. The van der Waals surface area contributed by atoms with Crippen molar-refractivity contribution in [2.45, 2.75) is 71.9 Å². The molecule has 0 bridgehead atoms. The van der Waals surface area contributed by atoms with E-state index >= 15 is 0 Å². The van der Waals surface area contributed by atoms with Crippen molar-refractivity contribution in [1.82, 2.24) is 10.6 Å². The van der Waals surface area contributed by atoms with Crippen LogP contribution in [0.2, 0.25) is 0 Å². The Kier molecular flexibility index (Phi) is 6.49. The Morgan fingerprint density at radius 3 is 2.19 bits per heavy atom. The number of rotatable bonds is 4. The molecule has 21 heavy (non-hydrogen) atoms. The molecule has 0 unspecified atom stereocenters. The maximum absolute atomic E-state index is 11.7. The molecule has 0 radical (unpaired) electrons. The standard InChI is InChI=1S/C16H30N2O3/c1-11(2)14(19)18-13-8-6-12(7-9-13)10-17-15(20)21-16(3,4)5/h11-13H,6-10H2,1-5H3,(H,17,20)(H,18,19). The highest BCUT2D eigenvalue weighted by Crippen LogP contribution is 2.24. The Balaban J connectivity index is 2.22. The number of nitrogens with one attached hydrogen (secondary N) is 2. The number of carbonyl (C=O) groups is 2. The summed E-state index contributed by atoms with van der Waals surface area (Å²) in [7, 11) is 0.